The molecule has 2 amide bonds. The van der Waals surface area contributed by atoms with Crippen LogP contribution in [0.3, 0.4) is 0 Å². The highest BCUT2D eigenvalue weighted by Gasteiger charge is 2.33. The summed E-state index contributed by atoms with van der Waals surface area (Å²) in [6.45, 7) is 6.02. The van der Waals surface area contributed by atoms with Gasteiger partial charge in [0.2, 0.25) is 10.0 Å². The summed E-state index contributed by atoms with van der Waals surface area (Å²) in [6.07, 6.45) is 1.19. The van der Waals surface area contributed by atoms with Gasteiger partial charge in [-0.3, -0.25) is 0 Å². The second-order valence-corrected chi connectivity index (χ2v) is 9.84. The second-order valence-electron chi connectivity index (χ2n) is 6.94. The smallest absolute Gasteiger partial charge is 0.321 e. The zero-order chi connectivity index (χ0) is 18.0. The highest BCUT2D eigenvalue weighted by molar-refractivity contribution is 7.90. The largest absolute Gasteiger partial charge is 0.324 e. The first-order valence-corrected chi connectivity index (χ1v) is 9.78. The fourth-order valence-corrected chi connectivity index (χ4v) is 3.58. The zero-order valence-corrected chi connectivity index (χ0v) is 15.7. The van der Waals surface area contributed by atoms with Gasteiger partial charge in [-0.1, -0.05) is 17.7 Å². The minimum atomic E-state index is -3.37. The minimum Gasteiger partial charge on any atom is -0.324 e. The molecule has 6 nitrogen and oxygen atoms in total. The number of hydrogen-bond acceptors (Lipinski definition) is 3. The Balaban J connectivity index is 1.87. The van der Waals surface area contributed by atoms with Gasteiger partial charge < -0.3 is 10.2 Å². The van der Waals surface area contributed by atoms with Gasteiger partial charge in [0, 0.05) is 29.8 Å². The molecule has 0 spiro atoms. The Morgan fingerprint density at radius 2 is 1.88 bits per heavy atom. The molecule has 1 aromatic rings. The van der Waals surface area contributed by atoms with E-state index in [1.807, 2.05) is 0 Å². The number of rotatable bonds is 3. The van der Waals surface area contributed by atoms with Gasteiger partial charge in [-0.2, -0.15) is 0 Å². The Hall–Kier alpha value is -1.31. The molecule has 1 heterocycles. The molecule has 24 heavy (non-hydrogen) atoms. The summed E-state index contributed by atoms with van der Waals surface area (Å²) in [4.78, 5) is 13.9. The van der Waals surface area contributed by atoms with Crippen LogP contribution in [0.5, 0.6) is 0 Å². The van der Waals surface area contributed by atoms with Gasteiger partial charge in [-0.05, 0) is 51.8 Å². The van der Waals surface area contributed by atoms with Crippen LogP contribution in [0.4, 0.5) is 10.5 Å². The van der Waals surface area contributed by atoms with Crippen LogP contribution in [-0.4, -0.2) is 43.2 Å². The molecule has 0 bridgehead atoms. The van der Waals surface area contributed by atoms with E-state index in [-0.39, 0.29) is 12.1 Å². The molecule has 0 saturated carbocycles. The standard InChI is InChI=1S/C16H24ClN3O3S/c1-16(2,3)24(22,23)19-13-7-9-20(10-8-13)15(21)18-14-6-4-5-12(17)11-14/h4-6,11,13,19H,7-10H2,1-3H3,(H,18,21). The van der Waals surface area contributed by atoms with Crippen molar-refractivity contribution in [2.45, 2.75) is 44.4 Å². The monoisotopic (exact) mass is 373 g/mol. The molecule has 8 heteroatoms. The van der Waals surface area contributed by atoms with Crippen LogP contribution in [-0.2, 0) is 10.0 Å². The van der Waals surface area contributed by atoms with Crippen molar-refractivity contribution >= 4 is 33.3 Å². The number of carbonyl (C=O) groups is 1. The Labute approximate surface area is 148 Å². The molecule has 1 aromatic carbocycles. The van der Waals surface area contributed by atoms with Crippen LogP contribution in [0.25, 0.3) is 0 Å². The molecule has 1 fully saturated rings. The van der Waals surface area contributed by atoms with Crippen molar-refractivity contribution in [3.05, 3.63) is 29.3 Å². The van der Waals surface area contributed by atoms with Gasteiger partial charge in [0.25, 0.3) is 0 Å². The quantitative estimate of drug-likeness (QED) is 0.854. The molecule has 0 radical (unpaired) electrons. The maximum absolute atomic E-state index is 12.3. The van der Waals surface area contributed by atoms with E-state index in [1.54, 1.807) is 49.9 Å². The summed E-state index contributed by atoms with van der Waals surface area (Å²) in [5.41, 5.74) is 0.642. The van der Waals surface area contributed by atoms with E-state index in [0.29, 0.717) is 36.6 Å². The number of halogens is 1. The summed E-state index contributed by atoms with van der Waals surface area (Å²) in [5, 5.41) is 3.36. The average molecular weight is 374 g/mol. The number of nitrogens with zero attached hydrogens (tertiary/aromatic N) is 1. The Bertz CT molecular complexity index is 693. The van der Waals surface area contributed by atoms with Crippen molar-refractivity contribution in [3.63, 3.8) is 0 Å². The molecule has 1 aliphatic heterocycles. The number of sulfonamides is 1. The van der Waals surface area contributed by atoms with Gasteiger partial charge in [-0.25, -0.2) is 17.9 Å². The van der Waals surface area contributed by atoms with Crippen molar-refractivity contribution in [2.24, 2.45) is 0 Å². The molecular formula is C16H24ClN3O3S. The summed E-state index contributed by atoms with van der Waals surface area (Å²) in [6, 6.07) is 6.63. The maximum atomic E-state index is 12.3. The van der Waals surface area contributed by atoms with E-state index in [1.165, 1.54) is 0 Å². The predicted molar refractivity (Wildman–Crippen MR) is 96.9 cm³/mol. The third-order valence-corrected chi connectivity index (χ3v) is 6.48. The predicted octanol–water partition coefficient (Wildman–Crippen LogP) is 3.05. The third-order valence-electron chi connectivity index (χ3n) is 3.99. The molecule has 1 saturated heterocycles. The SMILES string of the molecule is CC(C)(C)S(=O)(=O)NC1CCN(C(=O)Nc2cccc(Cl)c2)CC1. The first kappa shape index (κ1) is 19.0. The lowest BCUT2D eigenvalue weighted by Gasteiger charge is -2.33. The Morgan fingerprint density at radius 1 is 1.25 bits per heavy atom. The summed E-state index contributed by atoms with van der Waals surface area (Å²) < 4.78 is 26.3. The number of anilines is 1. The lowest BCUT2D eigenvalue weighted by molar-refractivity contribution is 0.193. The molecular weight excluding hydrogens is 350 g/mol. The summed E-state index contributed by atoms with van der Waals surface area (Å²) in [5.74, 6) is 0. The molecule has 134 valence electrons. The van der Waals surface area contributed by atoms with Gasteiger partial charge in [0.15, 0.2) is 0 Å². The Morgan fingerprint density at radius 3 is 2.42 bits per heavy atom. The van der Waals surface area contributed by atoms with Crippen LogP contribution in [0, 0.1) is 0 Å². The van der Waals surface area contributed by atoms with E-state index in [4.69, 9.17) is 11.6 Å². The number of hydrogen-bond donors (Lipinski definition) is 2. The fourth-order valence-electron chi connectivity index (χ4n) is 2.37. The first-order valence-electron chi connectivity index (χ1n) is 7.92. The van der Waals surface area contributed by atoms with Gasteiger partial charge in [-0.15, -0.1) is 0 Å². The normalized spacial score (nSPS) is 16.9. The molecule has 2 N–H and O–H groups in total. The molecule has 0 aliphatic carbocycles. The molecule has 0 atom stereocenters. The van der Waals surface area contributed by atoms with E-state index >= 15 is 0 Å². The number of nitrogens with one attached hydrogen (secondary N) is 2. The van der Waals surface area contributed by atoms with Crippen molar-refractivity contribution < 1.29 is 13.2 Å². The Kier molecular flexibility index (Phi) is 5.78. The van der Waals surface area contributed by atoms with E-state index in [9.17, 15) is 13.2 Å². The van der Waals surface area contributed by atoms with Crippen LogP contribution in [0.2, 0.25) is 5.02 Å². The first-order chi connectivity index (χ1) is 11.1. The molecule has 2 rings (SSSR count). The van der Waals surface area contributed by atoms with E-state index < -0.39 is 14.8 Å². The second kappa shape index (κ2) is 7.29. The van der Waals surface area contributed by atoms with Crippen molar-refractivity contribution in [1.82, 2.24) is 9.62 Å². The van der Waals surface area contributed by atoms with Crippen molar-refractivity contribution in [3.8, 4) is 0 Å². The number of likely N-dealkylation sites (tertiary alicyclic amines) is 1. The molecule has 1 aliphatic rings. The highest BCUT2D eigenvalue weighted by Crippen LogP contribution is 2.19. The average Bonchev–Trinajstić information content (AvgIpc) is 2.46. The van der Waals surface area contributed by atoms with E-state index in [2.05, 4.69) is 10.0 Å². The maximum Gasteiger partial charge on any atom is 0.321 e. The number of benzene rings is 1. The summed E-state index contributed by atoms with van der Waals surface area (Å²) in [7, 11) is -3.37. The van der Waals surface area contributed by atoms with Crippen LogP contribution in [0.15, 0.2) is 24.3 Å². The number of carbonyl (C=O) groups excluding carboxylic acids is 1. The van der Waals surface area contributed by atoms with Crippen LogP contribution in [0.1, 0.15) is 33.6 Å². The highest BCUT2D eigenvalue weighted by atomic mass is 35.5. The van der Waals surface area contributed by atoms with E-state index in [0.717, 1.165) is 0 Å². The number of urea groups is 1. The third kappa shape index (κ3) is 4.84. The zero-order valence-electron chi connectivity index (χ0n) is 14.2. The topological polar surface area (TPSA) is 78.5 Å². The number of piperidine rings is 1. The fraction of sp³-hybridized carbons (Fsp3) is 0.562. The van der Waals surface area contributed by atoms with Gasteiger partial charge in [0.05, 0.1) is 4.75 Å². The van der Waals surface area contributed by atoms with Crippen molar-refractivity contribution in [2.75, 3.05) is 18.4 Å². The number of amides is 2. The minimum absolute atomic E-state index is 0.135. The summed E-state index contributed by atoms with van der Waals surface area (Å²) >= 11 is 5.90. The molecule has 0 aromatic heterocycles. The lowest BCUT2D eigenvalue weighted by atomic mass is 10.1. The van der Waals surface area contributed by atoms with Gasteiger partial charge in [0.1, 0.15) is 0 Å². The van der Waals surface area contributed by atoms with Crippen LogP contribution >= 0.6 is 11.6 Å². The lowest BCUT2D eigenvalue weighted by Crippen LogP contribution is -2.50. The van der Waals surface area contributed by atoms with Crippen molar-refractivity contribution in [1.29, 1.82) is 0 Å². The van der Waals surface area contributed by atoms with Crippen LogP contribution < -0.4 is 10.0 Å². The molecule has 0 unspecified atom stereocenters. The van der Waals surface area contributed by atoms with Gasteiger partial charge >= 0.3 is 6.03 Å².